The first-order chi connectivity index (χ1) is 13.2. The van der Waals surface area contributed by atoms with Gasteiger partial charge < -0.3 is 24.3 Å². The van der Waals surface area contributed by atoms with E-state index in [1.807, 2.05) is 12.1 Å². The molecule has 3 rings (SSSR count). The van der Waals surface area contributed by atoms with E-state index >= 15 is 0 Å². The number of hydrogen-bond donors (Lipinski definition) is 1. The third kappa shape index (κ3) is 5.12. The summed E-state index contributed by atoms with van der Waals surface area (Å²) in [4.78, 5) is 18.1. The molecule has 0 unspecified atom stereocenters. The summed E-state index contributed by atoms with van der Waals surface area (Å²) in [5, 5.41) is 3.38. The molecule has 8 nitrogen and oxygen atoms in total. The van der Waals surface area contributed by atoms with Crippen molar-refractivity contribution in [2.45, 2.75) is 13.3 Å². The number of ether oxygens (including phenoxy) is 1. The highest BCUT2D eigenvalue weighted by Crippen LogP contribution is 2.23. The van der Waals surface area contributed by atoms with E-state index in [9.17, 15) is 0 Å². The van der Waals surface area contributed by atoms with E-state index in [0.717, 1.165) is 55.3 Å². The van der Waals surface area contributed by atoms with Gasteiger partial charge in [0.15, 0.2) is 5.96 Å². The largest absolute Gasteiger partial charge is 0.480 e. The van der Waals surface area contributed by atoms with Crippen LogP contribution in [0.1, 0.15) is 12.7 Å². The Bertz CT molecular complexity index is 744. The topological polar surface area (TPSA) is 79.0 Å². The number of hydrogen-bond acceptors (Lipinski definition) is 6. The van der Waals surface area contributed by atoms with Crippen molar-refractivity contribution < 1.29 is 9.15 Å². The van der Waals surface area contributed by atoms with E-state index in [1.54, 1.807) is 19.6 Å². The zero-order chi connectivity index (χ0) is 19.1. The molecule has 2 aromatic heterocycles. The minimum atomic E-state index is 0.551. The van der Waals surface area contributed by atoms with Crippen LogP contribution in [0.2, 0.25) is 0 Å². The molecule has 1 aliphatic rings. The molecule has 27 heavy (non-hydrogen) atoms. The van der Waals surface area contributed by atoms with Crippen LogP contribution in [0.15, 0.2) is 38.5 Å². The Hall–Kier alpha value is -2.29. The van der Waals surface area contributed by atoms with E-state index in [1.165, 1.54) is 0 Å². The number of anilines is 1. The highest BCUT2D eigenvalue weighted by molar-refractivity contribution is 9.10. The molecule has 0 aliphatic carbocycles. The van der Waals surface area contributed by atoms with E-state index < -0.39 is 0 Å². The van der Waals surface area contributed by atoms with Crippen LogP contribution >= 0.6 is 15.9 Å². The number of guanidine groups is 1. The molecule has 0 spiro atoms. The molecule has 1 N–H and O–H groups in total. The second kappa shape index (κ2) is 9.59. The zero-order valence-corrected chi connectivity index (χ0v) is 17.3. The summed E-state index contributed by atoms with van der Waals surface area (Å²) < 4.78 is 11.4. The SMILES string of the molecule is CCNC(=NCCc1ccco1)N1CCN(c2ncc(Br)c(OC)n2)CC1. The van der Waals surface area contributed by atoms with Crippen LogP contribution < -0.4 is 15.0 Å². The number of methoxy groups -OCH3 is 1. The average molecular weight is 437 g/mol. The van der Waals surface area contributed by atoms with Gasteiger partial charge in [-0.3, -0.25) is 4.99 Å². The first kappa shape index (κ1) is 19.5. The summed E-state index contributed by atoms with van der Waals surface area (Å²) in [5.41, 5.74) is 0. The van der Waals surface area contributed by atoms with Crippen LogP contribution in [0.3, 0.4) is 0 Å². The smallest absolute Gasteiger partial charge is 0.232 e. The maximum Gasteiger partial charge on any atom is 0.232 e. The Morgan fingerprint density at radius 3 is 2.85 bits per heavy atom. The summed E-state index contributed by atoms with van der Waals surface area (Å²) in [7, 11) is 1.61. The van der Waals surface area contributed by atoms with Gasteiger partial charge >= 0.3 is 0 Å². The molecule has 1 fully saturated rings. The van der Waals surface area contributed by atoms with Crippen LogP contribution in [0.25, 0.3) is 0 Å². The predicted molar refractivity (Wildman–Crippen MR) is 108 cm³/mol. The van der Waals surface area contributed by atoms with E-state index in [4.69, 9.17) is 14.1 Å². The fourth-order valence-electron chi connectivity index (χ4n) is 2.91. The van der Waals surface area contributed by atoms with Gasteiger partial charge in [0.25, 0.3) is 0 Å². The van der Waals surface area contributed by atoms with Gasteiger partial charge in [-0.05, 0) is 35.0 Å². The molecular formula is C18H25BrN6O2. The highest BCUT2D eigenvalue weighted by Gasteiger charge is 2.22. The van der Waals surface area contributed by atoms with Crippen molar-refractivity contribution >= 4 is 27.8 Å². The molecule has 146 valence electrons. The van der Waals surface area contributed by atoms with Crippen molar-refractivity contribution in [3.63, 3.8) is 0 Å². The Kier molecular flexibility index (Phi) is 6.92. The lowest BCUT2D eigenvalue weighted by Crippen LogP contribution is -2.53. The number of rotatable bonds is 6. The molecular weight excluding hydrogens is 412 g/mol. The van der Waals surface area contributed by atoms with E-state index in [0.29, 0.717) is 18.4 Å². The van der Waals surface area contributed by atoms with Crippen LogP contribution in [0.5, 0.6) is 5.88 Å². The summed E-state index contributed by atoms with van der Waals surface area (Å²) in [5.74, 6) is 3.14. The van der Waals surface area contributed by atoms with E-state index in [2.05, 4.69) is 47.9 Å². The predicted octanol–water partition coefficient (Wildman–Crippen LogP) is 2.17. The fraction of sp³-hybridized carbons (Fsp3) is 0.500. The molecule has 0 radical (unpaired) electrons. The Morgan fingerprint density at radius 1 is 1.37 bits per heavy atom. The maximum atomic E-state index is 5.37. The number of aliphatic imine (C=N–C) groups is 1. The summed E-state index contributed by atoms with van der Waals surface area (Å²) in [6.45, 7) is 6.99. The lowest BCUT2D eigenvalue weighted by Gasteiger charge is -2.36. The minimum Gasteiger partial charge on any atom is -0.480 e. The normalized spacial score (nSPS) is 15.1. The summed E-state index contributed by atoms with van der Waals surface area (Å²) >= 11 is 3.39. The molecule has 0 atom stereocenters. The molecule has 2 aromatic rings. The Morgan fingerprint density at radius 2 is 2.19 bits per heavy atom. The summed E-state index contributed by atoms with van der Waals surface area (Å²) in [6.07, 6.45) is 4.23. The third-order valence-electron chi connectivity index (χ3n) is 4.29. The zero-order valence-electron chi connectivity index (χ0n) is 15.7. The van der Waals surface area contributed by atoms with Gasteiger partial charge in [-0.1, -0.05) is 0 Å². The van der Waals surface area contributed by atoms with Crippen molar-refractivity contribution in [3.05, 3.63) is 34.8 Å². The lowest BCUT2D eigenvalue weighted by atomic mass is 10.3. The van der Waals surface area contributed by atoms with Crippen molar-refractivity contribution in [3.8, 4) is 5.88 Å². The Labute approximate surface area is 167 Å². The molecule has 9 heteroatoms. The molecule has 3 heterocycles. The monoisotopic (exact) mass is 436 g/mol. The molecule has 0 aromatic carbocycles. The van der Waals surface area contributed by atoms with Crippen LogP contribution in [-0.4, -0.2) is 67.2 Å². The highest BCUT2D eigenvalue weighted by atomic mass is 79.9. The number of nitrogens with zero attached hydrogens (tertiary/aromatic N) is 5. The van der Waals surface area contributed by atoms with Crippen molar-refractivity contribution in [1.29, 1.82) is 0 Å². The minimum absolute atomic E-state index is 0.551. The number of aromatic nitrogens is 2. The van der Waals surface area contributed by atoms with Crippen molar-refractivity contribution in [2.75, 3.05) is 51.3 Å². The first-order valence-electron chi connectivity index (χ1n) is 9.08. The molecule has 1 saturated heterocycles. The van der Waals surface area contributed by atoms with Crippen LogP contribution in [0.4, 0.5) is 5.95 Å². The average Bonchev–Trinajstić information content (AvgIpc) is 3.21. The van der Waals surface area contributed by atoms with Crippen LogP contribution in [0, 0.1) is 0 Å². The van der Waals surface area contributed by atoms with Gasteiger partial charge in [0.05, 0.1) is 24.0 Å². The number of halogens is 1. The number of piperazine rings is 1. The van der Waals surface area contributed by atoms with Gasteiger partial charge in [0.2, 0.25) is 11.8 Å². The van der Waals surface area contributed by atoms with E-state index in [-0.39, 0.29) is 0 Å². The second-order valence-electron chi connectivity index (χ2n) is 6.07. The first-order valence-corrected chi connectivity index (χ1v) is 9.87. The third-order valence-corrected chi connectivity index (χ3v) is 4.83. The maximum absolute atomic E-state index is 5.37. The van der Waals surface area contributed by atoms with Crippen molar-refractivity contribution in [1.82, 2.24) is 20.2 Å². The van der Waals surface area contributed by atoms with Crippen molar-refractivity contribution in [2.24, 2.45) is 4.99 Å². The quantitative estimate of drug-likeness (QED) is 0.548. The summed E-state index contributed by atoms with van der Waals surface area (Å²) in [6, 6.07) is 3.89. The molecule has 0 bridgehead atoms. The molecule has 0 saturated carbocycles. The number of nitrogens with one attached hydrogen (secondary N) is 1. The Balaban J connectivity index is 1.58. The van der Waals surface area contributed by atoms with Gasteiger partial charge in [-0.25, -0.2) is 4.98 Å². The second-order valence-corrected chi connectivity index (χ2v) is 6.92. The van der Waals surface area contributed by atoms with Gasteiger partial charge in [-0.2, -0.15) is 4.98 Å². The molecule has 1 aliphatic heterocycles. The number of furan rings is 1. The van der Waals surface area contributed by atoms with Gasteiger partial charge in [-0.15, -0.1) is 0 Å². The van der Waals surface area contributed by atoms with Gasteiger partial charge in [0, 0.05) is 45.7 Å². The van der Waals surface area contributed by atoms with Crippen LogP contribution in [-0.2, 0) is 6.42 Å². The fourth-order valence-corrected chi connectivity index (χ4v) is 3.26. The van der Waals surface area contributed by atoms with Gasteiger partial charge in [0.1, 0.15) is 5.76 Å². The lowest BCUT2D eigenvalue weighted by molar-refractivity contribution is 0.366. The standard InChI is InChI=1S/C18H25BrN6O2/c1-3-20-17(21-7-6-14-5-4-12-27-14)24-8-10-25(11-9-24)18-22-13-15(19)16(23-18)26-2/h4-5,12-13H,3,6-11H2,1-2H3,(H,20,21). The molecule has 0 amide bonds.